The van der Waals surface area contributed by atoms with Crippen molar-refractivity contribution in [2.75, 3.05) is 0 Å². The molecule has 0 bridgehead atoms. The minimum Gasteiger partial charge on any atom is -0.485 e. The predicted molar refractivity (Wildman–Crippen MR) is 97.5 cm³/mol. The lowest BCUT2D eigenvalue weighted by Crippen LogP contribution is -2.05. The lowest BCUT2D eigenvalue weighted by atomic mass is 10.2. The van der Waals surface area contributed by atoms with Crippen LogP contribution in [0, 0.1) is 12.7 Å². The Morgan fingerprint density at radius 3 is 2.76 bits per heavy atom. The van der Waals surface area contributed by atoms with E-state index >= 15 is 0 Å². The Hall–Kier alpha value is -2.05. The highest BCUT2D eigenvalue weighted by Crippen LogP contribution is 2.25. The van der Waals surface area contributed by atoms with E-state index in [0.29, 0.717) is 28.8 Å². The molecule has 0 aliphatic rings. The molecule has 0 unspecified atom stereocenters. The van der Waals surface area contributed by atoms with Gasteiger partial charge >= 0.3 is 0 Å². The highest BCUT2D eigenvalue weighted by atomic mass is 35.5. The molecule has 1 heterocycles. The largest absolute Gasteiger partial charge is 0.485 e. The molecule has 0 amide bonds. The molecule has 1 aromatic heterocycles. The van der Waals surface area contributed by atoms with Crippen molar-refractivity contribution in [3.63, 3.8) is 0 Å². The maximum atomic E-state index is 13.7. The van der Waals surface area contributed by atoms with E-state index in [-0.39, 0.29) is 5.82 Å². The zero-order valence-corrected chi connectivity index (χ0v) is 15.4. The molecule has 2 aromatic carbocycles. The molecule has 3 aromatic rings. The van der Waals surface area contributed by atoms with Crippen LogP contribution < -0.4 is 4.74 Å². The van der Waals surface area contributed by atoms with E-state index in [0.717, 1.165) is 16.5 Å². The summed E-state index contributed by atoms with van der Waals surface area (Å²) >= 11 is 7.39. The second-order valence-electron chi connectivity index (χ2n) is 5.54. The molecule has 0 saturated carbocycles. The van der Waals surface area contributed by atoms with Crippen LogP contribution in [-0.2, 0) is 19.4 Å². The van der Waals surface area contributed by atoms with Crippen molar-refractivity contribution in [3.05, 3.63) is 70.3 Å². The van der Waals surface area contributed by atoms with E-state index in [4.69, 9.17) is 16.3 Å². The Morgan fingerprint density at radius 2 is 2.00 bits per heavy atom. The number of benzene rings is 2. The maximum absolute atomic E-state index is 13.7. The van der Waals surface area contributed by atoms with Crippen LogP contribution in [0.3, 0.4) is 0 Å². The van der Waals surface area contributed by atoms with Gasteiger partial charge in [0.05, 0.1) is 0 Å². The van der Waals surface area contributed by atoms with Crippen molar-refractivity contribution in [2.45, 2.75) is 24.4 Å². The van der Waals surface area contributed by atoms with Crippen LogP contribution >= 0.6 is 23.4 Å². The average molecular weight is 378 g/mol. The number of ether oxygens (including phenoxy) is 1. The molecule has 130 valence electrons. The Kier molecular flexibility index (Phi) is 5.60. The van der Waals surface area contributed by atoms with Gasteiger partial charge in [-0.3, -0.25) is 0 Å². The van der Waals surface area contributed by atoms with Gasteiger partial charge < -0.3 is 9.30 Å². The van der Waals surface area contributed by atoms with E-state index in [9.17, 15) is 4.39 Å². The van der Waals surface area contributed by atoms with Gasteiger partial charge in [-0.25, -0.2) is 4.39 Å². The van der Waals surface area contributed by atoms with E-state index in [1.165, 1.54) is 17.8 Å². The van der Waals surface area contributed by atoms with Crippen LogP contribution in [0.4, 0.5) is 4.39 Å². The summed E-state index contributed by atoms with van der Waals surface area (Å²) in [5.74, 6) is 1.74. The van der Waals surface area contributed by atoms with Crippen molar-refractivity contribution >= 4 is 23.4 Å². The zero-order chi connectivity index (χ0) is 17.8. The van der Waals surface area contributed by atoms with Gasteiger partial charge in [-0.05, 0) is 42.3 Å². The lowest BCUT2D eigenvalue weighted by molar-refractivity contribution is 0.288. The minimum atomic E-state index is -0.209. The molecule has 0 saturated heterocycles. The number of halogens is 2. The molecule has 7 heteroatoms. The van der Waals surface area contributed by atoms with Gasteiger partial charge in [0.15, 0.2) is 11.0 Å². The third-order valence-electron chi connectivity index (χ3n) is 3.73. The van der Waals surface area contributed by atoms with Crippen molar-refractivity contribution in [3.8, 4) is 5.75 Å². The number of rotatable bonds is 6. The topological polar surface area (TPSA) is 39.9 Å². The molecule has 0 aliphatic carbocycles. The molecule has 0 radical (unpaired) electrons. The molecular weight excluding hydrogens is 361 g/mol. The van der Waals surface area contributed by atoms with E-state index in [1.807, 2.05) is 36.7 Å². The Labute approximate surface area is 155 Å². The monoisotopic (exact) mass is 377 g/mol. The first-order valence-corrected chi connectivity index (χ1v) is 9.04. The SMILES string of the molecule is Cc1cc(Cl)ccc1OCc1nnc(SCc2ccccc2F)n1C. The van der Waals surface area contributed by atoms with Gasteiger partial charge in [0.25, 0.3) is 0 Å². The summed E-state index contributed by atoms with van der Waals surface area (Å²) in [7, 11) is 1.87. The van der Waals surface area contributed by atoms with Crippen LogP contribution in [0.2, 0.25) is 5.02 Å². The quantitative estimate of drug-likeness (QED) is 0.579. The number of hydrogen-bond acceptors (Lipinski definition) is 4. The summed E-state index contributed by atoms with van der Waals surface area (Å²) in [6.45, 7) is 2.24. The van der Waals surface area contributed by atoms with Crippen molar-refractivity contribution in [2.24, 2.45) is 7.05 Å². The Bertz CT molecular complexity index is 885. The first kappa shape index (κ1) is 17.8. The molecule has 0 spiro atoms. The molecule has 0 N–H and O–H groups in total. The fourth-order valence-electron chi connectivity index (χ4n) is 2.27. The van der Waals surface area contributed by atoms with Crippen molar-refractivity contribution in [1.82, 2.24) is 14.8 Å². The zero-order valence-electron chi connectivity index (χ0n) is 13.9. The van der Waals surface area contributed by atoms with Gasteiger partial charge in [-0.15, -0.1) is 10.2 Å². The summed E-state index contributed by atoms with van der Waals surface area (Å²) in [5, 5.41) is 9.72. The van der Waals surface area contributed by atoms with Crippen LogP contribution in [0.25, 0.3) is 0 Å². The van der Waals surface area contributed by atoms with Gasteiger partial charge in [-0.2, -0.15) is 0 Å². The summed E-state index contributed by atoms with van der Waals surface area (Å²) < 4.78 is 21.3. The molecule has 0 aliphatic heterocycles. The smallest absolute Gasteiger partial charge is 0.191 e. The lowest BCUT2D eigenvalue weighted by Gasteiger charge is -2.09. The summed E-state index contributed by atoms with van der Waals surface area (Å²) in [4.78, 5) is 0. The number of thioether (sulfide) groups is 1. The summed E-state index contributed by atoms with van der Waals surface area (Å²) in [6.07, 6.45) is 0. The average Bonchev–Trinajstić information content (AvgIpc) is 2.94. The van der Waals surface area contributed by atoms with E-state index in [2.05, 4.69) is 10.2 Å². The number of aromatic nitrogens is 3. The number of aryl methyl sites for hydroxylation is 1. The fourth-order valence-corrected chi connectivity index (χ4v) is 3.41. The van der Waals surface area contributed by atoms with Crippen molar-refractivity contribution in [1.29, 1.82) is 0 Å². The van der Waals surface area contributed by atoms with Crippen molar-refractivity contribution < 1.29 is 9.13 Å². The number of nitrogens with zero attached hydrogens (tertiary/aromatic N) is 3. The minimum absolute atomic E-state index is 0.209. The van der Waals surface area contributed by atoms with E-state index in [1.54, 1.807) is 18.2 Å². The normalized spacial score (nSPS) is 10.9. The first-order chi connectivity index (χ1) is 12.0. The van der Waals surface area contributed by atoms with Crippen LogP contribution in [0.5, 0.6) is 5.75 Å². The Balaban J connectivity index is 1.64. The molecular formula is C18H17ClFN3OS. The van der Waals surface area contributed by atoms with Gasteiger partial charge in [0.2, 0.25) is 0 Å². The second kappa shape index (κ2) is 7.89. The molecule has 0 fully saturated rings. The molecule has 3 rings (SSSR count). The highest BCUT2D eigenvalue weighted by molar-refractivity contribution is 7.98. The van der Waals surface area contributed by atoms with Gasteiger partial charge in [0, 0.05) is 17.8 Å². The molecule has 4 nitrogen and oxygen atoms in total. The third-order valence-corrected chi connectivity index (χ3v) is 5.04. The predicted octanol–water partition coefficient (Wildman–Crippen LogP) is 4.79. The van der Waals surface area contributed by atoms with Crippen LogP contribution in [-0.4, -0.2) is 14.8 Å². The summed E-state index contributed by atoms with van der Waals surface area (Å²) in [6, 6.07) is 12.2. The van der Waals surface area contributed by atoms with Crippen LogP contribution in [0.15, 0.2) is 47.6 Å². The molecule has 0 atom stereocenters. The maximum Gasteiger partial charge on any atom is 0.191 e. The highest BCUT2D eigenvalue weighted by Gasteiger charge is 2.12. The molecule has 25 heavy (non-hydrogen) atoms. The van der Waals surface area contributed by atoms with Crippen LogP contribution in [0.1, 0.15) is 17.0 Å². The first-order valence-electron chi connectivity index (χ1n) is 7.68. The van der Waals surface area contributed by atoms with Gasteiger partial charge in [0.1, 0.15) is 18.2 Å². The fraction of sp³-hybridized carbons (Fsp3) is 0.222. The standard InChI is InChI=1S/C18H17ClFN3OS/c1-12-9-14(19)7-8-16(12)24-10-17-21-22-18(23(17)2)25-11-13-5-3-4-6-15(13)20/h3-9H,10-11H2,1-2H3. The second-order valence-corrected chi connectivity index (χ2v) is 6.92. The Morgan fingerprint density at radius 1 is 1.20 bits per heavy atom. The summed E-state index contributed by atoms with van der Waals surface area (Å²) in [5.41, 5.74) is 1.61. The number of hydrogen-bond donors (Lipinski definition) is 0. The third kappa shape index (κ3) is 4.32. The van der Waals surface area contributed by atoms with E-state index < -0.39 is 0 Å². The van der Waals surface area contributed by atoms with Gasteiger partial charge in [-0.1, -0.05) is 41.6 Å².